The van der Waals surface area contributed by atoms with E-state index >= 15 is 0 Å². The first-order valence-corrected chi connectivity index (χ1v) is 5.76. The average molecular weight is 235 g/mol. The van der Waals surface area contributed by atoms with Crippen LogP contribution in [-0.2, 0) is 9.53 Å². The molecule has 0 bridgehead atoms. The van der Waals surface area contributed by atoms with E-state index in [9.17, 15) is 4.79 Å². The Bertz CT molecular complexity index is 369. The first kappa shape index (κ1) is 12.0. The number of methoxy groups -OCH3 is 1. The van der Waals surface area contributed by atoms with Crippen LogP contribution in [0, 0.1) is 5.92 Å². The smallest absolute Gasteiger partial charge is 0.231 e. The van der Waals surface area contributed by atoms with E-state index in [0.717, 1.165) is 19.5 Å². The Kier molecular flexibility index (Phi) is 4.06. The minimum absolute atomic E-state index is 0.0166. The molecule has 1 fully saturated rings. The van der Waals surface area contributed by atoms with Crippen LogP contribution in [0.2, 0.25) is 0 Å². The largest absolute Gasteiger partial charge is 0.379 e. The fourth-order valence-corrected chi connectivity index (χ4v) is 2.03. The Hall–Kier alpha value is -1.46. The monoisotopic (exact) mass is 235 g/mol. The summed E-state index contributed by atoms with van der Waals surface area (Å²) in [4.78, 5) is 16.2. The molecule has 2 atom stereocenters. The third-order valence-corrected chi connectivity index (χ3v) is 2.98. The predicted molar refractivity (Wildman–Crippen MR) is 64.6 cm³/mol. The number of aromatic nitrogens is 1. The summed E-state index contributed by atoms with van der Waals surface area (Å²) in [6.07, 6.45) is 2.38. The van der Waals surface area contributed by atoms with E-state index in [4.69, 9.17) is 4.74 Å². The molecule has 5 heteroatoms. The molecule has 2 unspecified atom stereocenters. The highest BCUT2D eigenvalue weighted by molar-refractivity contribution is 5.92. The molecule has 2 N–H and O–H groups in total. The first-order chi connectivity index (χ1) is 8.31. The highest BCUT2D eigenvalue weighted by atomic mass is 16.5. The standard InChI is InChI=1S/C12H17N3O2/c1-17-10-8-13-7-5-9(10)12(16)15-11-4-2-3-6-14-11/h2-4,6,9-10,13H,5,7-8H2,1H3,(H,14,15,16). The molecule has 1 aliphatic heterocycles. The number of nitrogens with zero attached hydrogens (tertiary/aromatic N) is 1. The van der Waals surface area contributed by atoms with E-state index < -0.39 is 0 Å². The molecule has 0 aliphatic carbocycles. The van der Waals surface area contributed by atoms with Crippen molar-refractivity contribution < 1.29 is 9.53 Å². The maximum absolute atomic E-state index is 12.1. The molecule has 1 saturated heterocycles. The van der Waals surface area contributed by atoms with E-state index in [1.165, 1.54) is 0 Å². The molecular formula is C12H17N3O2. The summed E-state index contributed by atoms with van der Waals surface area (Å²) < 4.78 is 5.32. The fourth-order valence-electron chi connectivity index (χ4n) is 2.03. The lowest BCUT2D eigenvalue weighted by Crippen LogP contribution is -2.46. The van der Waals surface area contributed by atoms with Crippen LogP contribution in [0.4, 0.5) is 5.82 Å². The quantitative estimate of drug-likeness (QED) is 0.807. The van der Waals surface area contributed by atoms with Gasteiger partial charge in [0, 0.05) is 19.9 Å². The number of amides is 1. The van der Waals surface area contributed by atoms with Crippen LogP contribution in [0.5, 0.6) is 0 Å². The van der Waals surface area contributed by atoms with E-state index in [0.29, 0.717) is 5.82 Å². The van der Waals surface area contributed by atoms with Crippen molar-refractivity contribution in [1.82, 2.24) is 10.3 Å². The third-order valence-electron chi connectivity index (χ3n) is 2.98. The number of ether oxygens (including phenoxy) is 1. The predicted octanol–water partition coefficient (Wildman–Crippen LogP) is 0.645. The van der Waals surface area contributed by atoms with Gasteiger partial charge in [0.15, 0.2) is 0 Å². The van der Waals surface area contributed by atoms with Crippen LogP contribution < -0.4 is 10.6 Å². The number of hydrogen-bond acceptors (Lipinski definition) is 4. The van der Waals surface area contributed by atoms with Gasteiger partial charge in [-0.25, -0.2) is 4.98 Å². The number of pyridine rings is 1. The normalized spacial score (nSPS) is 24.3. The zero-order chi connectivity index (χ0) is 12.1. The number of rotatable bonds is 3. The lowest BCUT2D eigenvalue weighted by Gasteiger charge is -2.29. The van der Waals surface area contributed by atoms with Crippen molar-refractivity contribution in [2.75, 3.05) is 25.5 Å². The van der Waals surface area contributed by atoms with Gasteiger partial charge in [-0.05, 0) is 25.1 Å². The maximum atomic E-state index is 12.1. The van der Waals surface area contributed by atoms with Gasteiger partial charge in [0.05, 0.1) is 12.0 Å². The van der Waals surface area contributed by atoms with Gasteiger partial charge in [0.25, 0.3) is 0 Å². The van der Waals surface area contributed by atoms with Gasteiger partial charge in [-0.15, -0.1) is 0 Å². The lowest BCUT2D eigenvalue weighted by atomic mass is 9.94. The van der Waals surface area contributed by atoms with Crippen molar-refractivity contribution in [3.05, 3.63) is 24.4 Å². The molecule has 0 spiro atoms. The lowest BCUT2D eigenvalue weighted by molar-refractivity contribution is -0.125. The average Bonchev–Trinajstić information content (AvgIpc) is 2.40. The van der Waals surface area contributed by atoms with E-state index in [2.05, 4.69) is 15.6 Å². The van der Waals surface area contributed by atoms with Crippen LogP contribution in [0.1, 0.15) is 6.42 Å². The molecule has 17 heavy (non-hydrogen) atoms. The minimum atomic E-state index is -0.108. The zero-order valence-corrected chi connectivity index (χ0v) is 9.85. The van der Waals surface area contributed by atoms with Gasteiger partial charge in [-0.1, -0.05) is 6.07 Å². The van der Waals surface area contributed by atoms with Crippen LogP contribution in [-0.4, -0.2) is 37.2 Å². The third kappa shape index (κ3) is 3.01. The highest BCUT2D eigenvalue weighted by Crippen LogP contribution is 2.17. The van der Waals surface area contributed by atoms with Gasteiger partial charge in [0.1, 0.15) is 5.82 Å². The summed E-state index contributed by atoms with van der Waals surface area (Å²) in [5.41, 5.74) is 0. The molecule has 0 saturated carbocycles. The summed E-state index contributed by atoms with van der Waals surface area (Å²) in [6.45, 7) is 1.57. The Labute approximate surface area is 101 Å². The van der Waals surface area contributed by atoms with E-state index in [-0.39, 0.29) is 17.9 Å². The van der Waals surface area contributed by atoms with E-state index in [1.807, 2.05) is 12.1 Å². The van der Waals surface area contributed by atoms with Crippen LogP contribution in [0.25, 0.3) is 0 Å². The molecule has 1 aromatic rings. The SMILES string of the molecule is COC1CNCCC1C(=O)Nc1ccccn1. The van der Waals surface area contributed by atoms with Gasteiger partial charge in [-0.3, -0.25) is 4.79 Å². The maximum Gasteiger partial charge on any atom is 0.231 e. The van der Waals surface area contributed by atoms with Gasteiger partial charge in [0.2, 0.25) is 5.91 Å². The van der Waals surface area contributed by atoms with Crippen molar-refractivity contribution in [3.8, 4) is 0 Å². The van der Waals surface area contributed by atoms with Crippen LogP contribution in [0.15, 0.2) is 24.4 Å². The fraction of sp³-hybridized carbons (Fsp3) is 0.500. The molecule has 1 amide bonds. The number of anilines is 1. The van der Waals surface area contributed by atoms with Crippen LogP contribution in [0.3, 0.4) is 0 Å². The number of carbonyl (C=O) groups excluding carboxylic acids is 1. The van der Waals surface area contributed by atoms with Gasteiger partial charge in [-0.2, -0.15) is 0 Å². The highest BCUT2D eigenvalue weighted by Gasteiger charge is 2.30. The van der Waals surface area contributed by atoms with E-state index in [1.54, 1.807) is 19.4 Å². The van der Waals surface area contributed by atoms with Gasteiger partial charge < -0.3 is 15.4 Å². The summed E-state index contributed by atoms with van der Waals surface area (Å²) in [7, 11) is 1.64. The minimum Gasteiger partial charge on any atom is -0.379 e. The van der Waals surface area contributed by atoms with Crippen LogP contribution >= 0.6 is 0 Å². The summed E-state index contributed by atoms with van der Waals surface area (Å²) in [5, 5.41) is 6.03. The summed E-state index contributed by atoms with van der Waals surface area (Å²) >= 11 is 0. The summed E-state index contributed by atoms with van der Waals surface area (Å²) in [5.74, 6) is 0.464. The van der Waals surface area contributed by atoms with Gasteiger partial charge >= 0.3 is 0 Å². The Morgan fingerprint density at radius 2 is 2.47 bits per heavy atom. The second kappa shape index (κ2) is 5.75. The molecule has 1 aliphatic rings. The molecule has 1 aromatic heterocycles. The topological polar surface area (TPSA) is 63.2 Å². The Morgan fingerprint density at radius 1 is 1.59 bits per heavy atom. The van der Waals surface area contributed by atoms with Crippen molar-refractivity contribution in [3.63, 3.8) is 0 Å². The van der Waals surface area contributed by atoms with Crippen molar-refractivity contribution >= 4 is 11.7 Å². The number of hydrogen-bond donors (Lipinski definition) is 2. The van der Waals surface area contributed by atoms with Crippen molar-refractivity contribution in [2.24, 2.45) is 5.92 Å². The molecule has 2 heterocycles. The second-order valence-electron chi connectivity index (χ2n) is 4.08. The van der Waals surface area contributed by atoms with Crippen molar-refractivity contribution in [2.45, 2.75) is 12.5 Å². The number of carbonyl (C=O) groups is 1. The Balaban J connectivity index is 1.99. The molecule has 0 radical (unpaired) electrons. The molecule has 5 nitrogen and oxygen atoms in total. The molecule has 92 valence electrons. The number of piperidine rings is 1. The molecule has 2 rings (SSSR count). The number of nitrogens with one attached hydrogen (secondary N) is 2. The molecule has 0 aromatic carbocycles. The Morgan fingerprint density at radius 3 is 3.18 bits per heavy atom. The van der Waals surface area contributed by atoms with Crippen molar-refractivity contribution in [1.29, 1.82) is 0 Å². The summed E-state index contributed by atoms with van der Waals surface area (Å²) in [6, 6.07) is 5.44. The first-order valence-electron chi connectivity index (χ1n) is 5.76. The second-order valence-corrected chi connectivity index (χ2v) is 4.08. The zero-order valence-electron chi connectivity index (χ0n) is 9.85. The molecular weight excluding hydrogens is 218 g/mol.